The molecule has 1 atom stereocenters. The van der Waals surface area contributed by atoms with E-state index in [1.165, 1.54) is 17.8 Å². The predicted molar refractivity (Wildman–Crippen MR) is 56.0 cm³/mol. The lowest BCUT2D eigenvalue weighted by Gasteiger charge is -2.05. The number of carboxylic acid groups (broad SMARTS) is 1. The number of aromatic nitrogens is 1. The second-order valence-corrected chi connectivity index (χ2v) is 4.00. The summed E-state index contributed by atoms with van der Waals surface area (Å²) in [5.74, 6) is -0.618. The third kappa shape index (κ3) is 4.26. The molecule has 0 bridgehead atoms. The molecule has 1 aromatic heterocycles. The Hall–Kier alpha value is -1.14. The molecule has 0 saturated heterocycles. The van der Waals surface area contributed by atoms with E-state index in [2.05, 4.69) is 4.98 Å². The zero-order chi connectivity index (χ0) is 11.3. The lowest BCUT2D eigenvalue weighted by molar-refractivity contribution is -0.137. The van der Waals surface area contributed by atoms with Gasteiger partial charge in [0.05, 0.1) is 6.20 Å². The average molecular weight is 230 g/mol. The number of nitrogens with two attached hydrogens (primary N) is 1. The van der Waals surface area contributed by atoms with Gasteiger partial charge in [-0.15, -0.1) is 0 Å². The largest absolute Gasteiger partial charge is 0.480 e. The van der Waals surface area contributed by atoms with Gasteiger partial charge in [-0.25, -0.2) is 4.39 Å². The van der Waals surface area contributed by atoms with Crippen molar-refractivity contribution in [2.24, 2.45) is 5.73 Å². The van der Waals surface area contributed by atoms with Gasteiger partial charge in [-0.05, 0) is 11.6 Å². The first-order valence-corrected chi connectivity index (χ1v) is 5.40. The van der Waals surface area contributed by atoms with Crippen LogP contribution in [0.2, 0.25) is 0 Å². The van der Waals surface area contributed by atoms with Gasteiger partial charge in [-0.1, -0.05) is 0 Å². The maximum absolute atomic E-state index is 12.7. The summed E-state index contributed by atoms with van der Waals surface area (Å²) >= 11 is 1.34. The molecule has 0 aliphatic carbocycles. The summed E-state index contributed by atoms with van der Waals surface area (Å²) in [6.07, 6.45) is 2.67. The fraction of sp³-hybridized carbons (Fsp3) is 0.333. The van der Waals surface area contributed by atoms with Gasteiger partial charge >= 0.3 is 5.97 Å². The number of aliphatic carboxylic acids is 1. The Morgan fingerprint density at radius 2 is 2.40 bits per heavy atom. The number of halogens is 1. The lowest BCUT2D eigenvalue weighted by atomic mass is 10.3. The molecule has 4 nitrogen and oxygen atoms in total. The number of pyridine rings is 1. The summed E-state index contributed by atoms with van der Waals surface area (Å²) in [4.78, 5) is 14.1. The number of carbonyl (C=O) groups is 1. The van der Waals surface area contributed by atoms with Gasteiger partial charge in [0.1, 0.15) is 11.9 Å². The molecule has 15 heavy (non-hydrogen) atoms. The minimum atomic E-state index is -1.03. The minimum absolute atomic E-state index is 0.297. The Labute approximate surface area is 90.7 Å². The summed E-state index contributed by atoms with van der Waals surface area (Å²) in [5, 5.41) is 8.51. The molecule has 1 heterocycles. The van der Waals surface area contributed by atoms with Crippen LogP contribution in [-0.2, 0) is 10.5 Å². The molecule has 0 amide bonds. The Bertz CT molecular complexity index is 349. The number of rotatable bonds is 5. The molecular weight excluding hydrogens is 219 g/mol. The van der Waals surface area contributed by atoms with Crippen LogP contribution in [0.4, 0.5) is 4.39 Å². The molecule has 1 aromatic rings. The van der Waals surface area contributed by atoms with Crippen LogP contribution in [0.25, 0.3) is 0 Å². The van der Waals surface area contributed by atoms with Crippen LogP contribution in [0.1, 0.15) is 5.56 Å². The van der Waals surface area contributed by atoms with E-state index in [-0.39, 0.29) is 0 Å². The van der Waals surface area contributed by atoms with Gasteiger partial charge < -0.3 is 10.8 Å². The van der Waals surface area contributed by atoms with E-state index in [1.54, 1.807) is 6.20 Å². The standard InChI is InChI=1S/C9H11FN2O2S/c10-7-1-6(2-12-3-7)4-15-5-8(11)9(13)14/h1-3,8H,4-5,11H2,(H,13,14)/t8-/m0/s1. The summed E-state index contributed by atoms with van der Waals surface area (Å²) in [6, 6.07) is 0.489. The fourth-order valence-electron chi connectivity index (χ4n) is 0.910. The molecule has 82 valence electrons. The molecule has 0 saturated carbocycles. The van der Waals surface area contributed by atoms with Crippen molar-refractivity contribution in [3.8, 4) is 0 Å². The van der Waals surface area contributed by atoms with Crippen LogP contribution >= 0.6 is 11.8 Å². The Morgan fingerprint density at radius 1 is 1.67 bits per heavy atom. The summed E-state index contributed by atoms with van der Waals surface area (Å²) in [6.45, 7) is 0. The second kappa shape index (κ2) is 5.67. The third-order valence-electron chi connectivity index (χ3n) is 1.64. The maximum Gasteiger partial charge on any atom is 0.321 e. The Balaban J connectivity index is 2.35. The van der Waals surface area contributed by atoms with Crippen molar-refractivity contribution in [1.29, 1.82) is 0 Å². The van der Waals surface area contributed by atoms with E-state index in [1.807, 2.05) is 0 Å². The molecule has 0 unspecified atom stereocenters. The zero-order valence-corrected chi connectivity index (χ0v) is 8.71. The summed E-state index contributed by atoms with van der Waals surface area (Å²) < 4.78 is 12.7. The van der Waals surface area contributed by atoms with Crippen molar-refractivity contribution in [3.05, 3.63) is 29.8 Å². The number of hydrogen-bond acceptors (Lipinski definition) is 4. The van der Waals surface area contributed by atoms with Crippen LogP contribution in [0.5, 0.6) is 0 Å². The highest BCUT2D eigenvalue weighted by Crippen LogP contribution is 2.12. The van der Waals surface area contributed by atoms with E-state index < -0.39 is 17.8 Å². The van der Waals surface area contributed by atoms with Gasteiger partial charge in [0.15, 0.2) is 0 Å². The summed E-state index contributed by atoms with van der Waals surface area (Å²) in [7, 11) is 0. The zero-order valence-electron chi connectivity index (χ0n) is 7.89. The lowest BCUT2D eigenvalue weighted by Crippen LogP contribution is -2.32. The van der Waals surface area contributed by atoms with Crippen LogP contribution in [0, 0.1) is 5.82 Å². The first-order valence-electron chi connectivity index (χ1n) is 4.25. The Morgan fingerprint density at radius 3 is 3.00 bits per heavy atom. The average Bonchev–Trinajstić information content (AvgIpc) is 2.17. The van der Waals surface area contributed by atoms with Gasteiger partial charge in [-0.2, -0.15) is 11.8 Å². The monoisotopic (exact) mass is 230 g/mol. The van der Waals surface area contributed by atoms with Crippen LogP contribution in [0.3, 0.4) is 0 Å². The molecule has 6 heteroatoms. The van der Waals surface area contributed by atoms with Crippen LogP contribution in [-0.4, -0.2) is 27.9 Å². The van der Waals surface area contributed by atoms with Crippen molar-refractivity contribution < 1.29 is 14.3 Å². The van der Waals surface area contributed by atoms with E-state index >= 15 is 0 Å². The minimum Gasteiger partial charge on any atom is -0.480 e. The molecule has 0 aliphatic heterocycles. The summed E-state index contributed by atoms with van der Waals surface area (Å²) in [5.41, 5.74) is 6.02. The second-order valence-electron chi connectivity index (χ2n) is 2.97. The quantitative estimate of drug-likeness (QED) is 0.784. The molecule has 0 radical (unpaired) electrons. The molecule has 0 fully saturated rings. The highest BCUT2D eigenvalue weighted by Gasteiger charge is 2.10. The van der Waals surface area contributed by atoms with E-state index in [9.17, 15) is 9.18 Å². The van der Waals surface area contributed by atoms with Crippen molar-refractivity contribution in [2.45, 2.75) is 11.8 Å². The van der Waals surface area contributed by atoms with Gasteiger partial charge in [-0.3, -0.25) is 9.78 Å². The first-order chi connectivity index (χ1) is 7.09. The molecule has 0 aliphatic rings. The third-order valence-corrected chi connectivity index (χ3v) is 2.78. The number of hydrogen-bond donors (Lipinski definition) is 2. The van der Waals surface area contributed by atoms with Crippen LogP contribution in [0.15, 0.2) is 18.5 Å². The van der Waals surface area contributed by atoms with Crippen molar-refractivity contribution in [2.75, 3.05) is 5.75 Å². The molecular formula is C9H11FN2O2S. The smallest absolute Gasteiger partial charge is 0.321 e. The van der Waals surface area contributed by atoms with E-state index in [4.69, 9.17) is 10.8 Å². The van der Waals surface area contributed by atoms with Gasteiger partial charge in [0.25, 0.3) is 0 Å². The number of thioether (sulfide) groups is 1. The molecule has 3 N–H and O–H groups in total. The predicted octanol–water partition coefficient (Wildman–Crippen LogP) is 0.866. The van der Waals surface area contributed by atoms with Crippen molar-refractivity contribution in [1.82, 2.24) is 4.98 Å². The molecule has 0 aromatic carbocycles. The Kier molecular flexibility index (Phi) is 4.51. The van der Waals surface area contributed by atoms with E-state index in [0.717, 1.165) is 11.8 Å². The van der Waals surface area contributed by atoms with Gasteiger partial charge in [0, 0.05) is 17.7 Å². The highest BCUT2D eigenvalue weighted by atomic mass is 32.2. The van der Waals surface area contributed by atoms with Crippen molar-refractivity contribution in [3.63, 3.8) is 0 Å². The van der Waals surface area contributed by atoms with Crippen LogP contribution < -0.4 is 5.73 Å². The normalized spacial score (nSPS) is 12.4. The first kappa shape index (κ1) is 11.9. The highest BCUT2D eigenvalue weighted by molar-refractivity contribution is 7.98. The number of carboxylic acids is 1. The fourth-order valence-corrected chi connectivity index (χ4v) is 1.82. The SMILES string of the molecule is N[C@@H](CSCc1cncc(F)c1)C(=O)O. The van der Waals surface area contributed by atoms with E-state index in [0.29, 0.717) is 11.5 Å². The van der Waals surface area contributed by atoms with Crippen molar-refractivity contribution >= 4 is 17.7 Å². The topological polar surface area (TPSA) is 76.2 Å². The van der Waals surface area contributed by atoms with Gasteiger partial charge in [0.2, 0.25) is 0 Å². The maximum atomic E-state index is 12.7. The number of nitrogens with zero attached hydrogens (tertiary/aromatic N) is 1. The molecule has 1 rings (SSSR count). The molecule has 0 spiro atoms.